The molecule has 9 heterocycles. The Bertz CT molecular complexity index is 5660. The van der Waals surface area contributed by atoms with Crippen LogP contribution in [0.2, 0.25) is 10.0 Å². The van der Waals surface area contributed by atoms with E-state index in [0.29, 0.717) is 112 Å². The van der Waals surface area contributed by atoms with Crippen LogP contribution in [-0.4, -0.2) is 186 Å². The number of carbonyl (C=O) groups is 11. The minimum absolute atomic E-state index is 0.00359. The van der Waals surface area contributed by atoms with Gasteiger partial charge in [0.2, 0.25) is 29.5 Å². The Hall–Kier alpha value is -9.84. The van der Waals surface area contributed by atoms with Crippen LogP contribution in [0.4, 0.5) is 0 Å². The number of carbonyl (C=O) groups excluding carboxylic acids is 11. The van der Waals surface area contributed by atoms with E-state index in [-0.39, 0.29) is 114 Å². The fourth-order valence-electron chi connectivity index (χ4n) is 16.2. The molecule has 624 valence electrons. The first-order chi connectivity index (χ1) is 57.5. The number of fused-ring (bicyclic) bond motifs is 4. The van der Waals surface area contributed by atoms with E-state index in [4.69, 9.17) is 27.9 Å². The van der Waals surface area contributed by atoms with E-state index in [1.807, 2.05) is 149 Å². The van der Waals surface area contributed by atoms with E-state index in [9.17, 15) is 52.7 Å². The molecule has 0 aliphatic carbocycles. The summed E-state index contributed by atoms with van der Waals surface area (Å²) in [6.45, 7) is 24.7. The van der Waals surface area contributed by atoms with Gasteiger partial charge in [0.05, 0.1) is 49.8 Å². The number of aromatic nitrogens is 4. The number of rotatable bonds is 28. The molecule has 0 spiro atoms. The lowest BCUT2D eigenvalue weighted by Crippen LogP contribution is -2.61. The van der Waals surface area contributed by atoms with Crippen LogP contribution < -0.4 is 5.32 Å². The first kappa shape index (κ1) is 89.4. The molecular formula is C92H92Br3Cl2IN10O12. The van der Waals surface area contributed by atoms with Crippen molar-refractivity contribution in [2.24, 2.45) is 23.7 Å². The molecule has 6 amide bonds. The van der Waals surface area contributed by atoms with E-state index >= 15 is 0 Å². The predicted octanol–water partition coefficient (Wildman–Crippen LogP) is 16.2. The summed E-state index contributed by atoms with van der Waals surface area (Å²) >= 11 is 25.0. The highest BCUT2D eigenvalue weighted by Crippen LogP contribution is 2.38. The Labute approximate surface area is 745 Å². The minimum Gasteiger partial charge on any atom is -0.469 e. The standard InChI is InChI=1S/C29H29BrN2O5.C27H28BrN3O3.C18H18BrClN2O2.C18H17ClIN3O2/c1-3-28(35)32-15-20(16-32)12-23(33)17-31-18-25(24-14-22(30)9-10-26(24)31)27(34)13-21(29(36)37-2)11-19-7-5-4-6-8-19;1-3-26(33)31-14-19(15-31)11-22(32)16-30-17-24(23-12-21(28)9-10-25(23)30)27(34)29-13-18(2)20-7-5-4-6-8-20;1-3-17(24)21-7-12(8-21)5-14(23)9-22-10-16(19)15-6-13(20)4-11(2)18(15)22;1-2-17(24)21-8-12(9-21)22-6-5-16(18(22)25)23-10-14(20)13-7-11(19)3-4-15(13)23/h3-10,14,18,20-21H,1,11-13,15-17H2,2H3;3-10,12,17-19H,1,11,13-16H2,2H3,(H,29,34);3-4,6,10,12H,1,5,7-9H2,2H3;2-4,7,10,12,16H,1,5-6,8-9H2. The number of nitrogens with one attached hydrogen (secondary N) is 1. The van der Waals surface area contributed by atoms with Crippen molar-refractivity contribution < 1.29 is 57.5 Å². The van der Waals surface area contributed by atoms with Gasteiger partial charge >= 0.3 is 5.97 Å². The van der Waals surface area contributed by atoms with Gasteiger partial charge in [0.1, 0.15) is 6.04 Å². The van der Waals surface area contributed by atoms with Crippen molar-refractivity contribution in [1.82, 2.24) is 48.1 Å². The number of esters is 1. The number of aryl methyl sites for hydroxylation is 1. The van der Waals surface area contributed by atoms with Crippen LogP contribution in [0.15, 0.2) is 216 Å². The van der Waals surface area contributed by atoms with E-state index < -0.39 is 11.9 Å². The fraction of sp³-hybridized carbons (Fsp3) is 0.315. The largest absolute Gasteiger partial charge is 0.469 e. The first-order valence-electron chi connectivity index (χ1n) is 39.5. The van der Waals surface area contributed by atoms with Gasteiger partial charge in [0.25, 0.3) is 5.91 Å². The summed E-state index contributed by atoms with van der Waals surface area (Å²) in [7, 11) is 1.33. The molecule has 15 rings (SSSR count). The summed E-state index contributed by atoms with van der Waals surface area (Å²) in [5.41, 5.74) is 7.86. The average Bonchev–Trinajstić information content (AvgIpc) is 1.64. The Kier molecular flexibility index (Phi) is 30.0. The zero-order chi connectivity index (χ0) is 85.9. The zero-order valence-electron chi connectivity index (χ0n) is 66.7. The van der Waals surface area contributed by atoms with Crippen molar-refractivity contribution in [2.75, 3.05) is 72.6 Å². The van der Waals surface area contributed by atoms with Crippen molar-refractivity contribution in [3.05, 3.63) is 258 Å². The summed E-state index contributed by atoms with van der Waals surface area (Å²) in [5, 5.41) is 8.05. The van der Waals surface area contributed by atoms with Gasteiger partial charge in [-0.2, -0.15) is 0 Å². The second-order valence-corrected chi connectivity index (χ2v) is 35.8. The molecule has 3 atom stereocenters. The molecule has 5 saturated heterocycles. The molecule has 22 nitrogen and oxygen atoms in total. The summed E-state index contributed by atoms with van der Waals surface area (Å²) in [6, 6.07) is 40.5. The lowest BCUT2D eigenvalue weighted by Gasteiger charge is -2.43. The maximum atomic E-state index is 13.5. The maximum absolute atomic E-state index is 13.5. The summed E-state index contributed by atoms with van der Waals surface area (Å²) in [6.07, 6.45) is 15.1. The third-order valence-electron chi connectivity index (χ3n) is 22.5. The molecule has 0 bridgehead atoms. The average molecular weight is 1970 g/mol. The normalized spacial score (nSPS) is 15.8. The number of methoxy groups -OCH3 is 1. The van der Waals surface area contributed by atoms with Crippen LogP contribution in [-0.2, 0) is 73.9 Å². The Morgan fingerprint density at radius 3 is 1.55 bits per heavy atom. The van der Waals surface area contributed by atoms with Crippen LogP contribution in [0, 0.1) is 34.2 Å². The van der Waals surface area contributed by atoms with Crippen LogP contribution in [0.25, 0.3) is 43.6 Å². The van der Waals surface area contributed by atoms with Crippen LogP contribution >= 0.6 is 93.6 Å². The number of benzene rings is 6. The molecule has 0 radical (unpaired) electrons. The second-order valence-electron chi connectivity index (χ2n) is 31.1. The van der Waals surface area contributed by atoms with Gasteiger partial charge in [-0.15, -0.1) is 0 Å². The second kappa shape index (κ2) is 40.2. The molecule has 28 heteroatoms. The predicted molar refractivity (Wildman–Crippen MR) is 486 cm³/mol. The third-order valence-corrected chi connectivity index (χ3v) is 25.5. The molecule has 3 unspecified atom stereocenters. The summed E-state index contributed by atoms with van der Waals surface area (Å²) < 4.78 is 16.4. The molecule has 1 N–H and O–H groups in total. The van der Waals surface area contributed by atoms with Crippen molar-refractivity contribution in [2.45, 2.75) is 90.0 Å². The van der Waals surface area contributed by atoms with E-state index in [1.54, 1.807) is 36.6 Å². The number of nitrogens with zero attached hydrogens (tertiary/aromatic N) is 9. The molecule has 5 aliphatic heterocycles. The Balaban J connectivity index is 0.000000149. The lowest BCUT2D eigenvalue weighted by molar-refractivity contribution is -0.145. The molecule has 4 aromatic heterocycles. The van der Waals surface area contributed by atoms with Gasteiger partial charge in [-0.1, -0.05) is 149 Å². The molecular weight excluding hydrogens is 1870 g/mol. The smallest absolute Gasteiger partial charge is 0.309 e. The highest BCUT2D eigenvalue weighted by Gasteiger charge is 2.43. The van der Waals surface area contributed by atoms with Gasteiger partial charge in [0.15, 0.2) is 23.1 Å². The number of hydrogen-bond donors (Lipinski definition) is 1. The number of ether oxygens (including phenoxy) is 1. The molecule has 10 aromatic rings. The van der Waals surface area contributed by atoms with E-state index in [1.165, 1.54) is 37.0 Å². The third kappa shape index (κ3) is 21.4. The van der Waals surface area contributed by atoms with Crippen LogP contribution in [0.5, 0.6) is 0 Å². The molecule has 0 saturated carbocycles. The Morgan fingerprint density at radius 1 is 0.558 bits per heavy atom. The molecule has 5 aliphatic rings. The number of ketones is 4. The SMILES string of the molecule is C=CC(=O)N1CC(CC(=O)Cn2cc(Br)c3cc(Cl)cc(C)c32)C1.C=CC(=O)N1CC(CC(=O)Cn2cc(C(=O)CC(Cc3ccccc3)C(=O)OC)c3cc(Br)ccc32)C1.C=CC(=O)N1CC(CC(=O)Cn2cc(C(=O)NCC(C)c3ccccc3)c3cc(Br)ccc32)C1.C=CC(=O)N1CC(N2CCC(n3cc(I)c4cc(Cl)ccc43)C2=O)C1. The molecule has 120 heavy (non-hydrogen) atoms. The number of halogens is 6. The van der Waals surface area contributed by atoms with Gasteiger partial charge < -0.3 is 52.8 Å². The quantitative estimate of drug-likeness (QED) is 0.0208. The highest BCUT2D eigenvalue weighted by atomic mass is 127. The zero-order valence-corrected chi connectivity index (χ0v) is 75.2. The van der Waals surface area contributed by atoms with Crippen molar-refractivity contribution in [1.29, 1.82) is 0 Å². The summed E-state index contributed by atoms with van der Waals surface area (Å²) in [5.74, 6) is -0.565. The van der Waals surface area contributed by atoms with E-state index in [2.05, 4.69) is 126 Å². The number of hydrogen-bond acceptors (Lipinski definition) is 12. The lowest BCUT2D eigenvalue weighted by atomic mass is 9.92. The van der Waals surface area contributed by atoms with Gasteiger partial charge in [-0.05, 0) is 172 Å². The molecule has 5 fully saturated rings. The van der Waals surface area contributed by atoms with Crippen molar-refractivity contribution in [3.8, 4) is 0 Å². The topological polar surface area (TPSA) is 245 Å². The van der Waals surface area contributed by atoms with E-state index in [0.717, 1.165) is 84.7 Å². The first-order valence-corrected chi connectivity index (χ1v) is 43.7. The molecule has 6 aromatic carbocycles. The minimum atomic E-state index is -0.619. The maximum Gasteiger partial charge on any atom is 0.309 e. The van der Waals surface area contributed by atoms with Crippen LogP contribution in [0.3, 0.4) is 0 Å². The van der Waals surface area contributed by atoms with Crippen molar-refractivity contribution >= 4 is 202 Å². The van der Waals surface area contributed by atoms with Gasteiger partial charge in [-0.3, -0.25) is 52.7 Å². The highest BCUT2D eigenvalue weighted by molar-refractivity contribution is 14.1. The summed E-state index contributed by atoms with van der Waals surface area (Å²) in [4.78, 5) is 145. The number of amides is 6. The van der Waals surface area contributed by atoms with Crippen molar-refractivity contribution in [3.63, 3.8) is 0 Å². The Morgan fingerprint density at radius 2 is 1.03 bits per heavy atom. The number of Topliss-reactive ketones (excluding diaryl/α,β-unsaturated/α-hetero) is 4. The van der Waals surface area contributed by atoms with Gasteiger partial charge in [0, 0.05) is 204 Å². The van der Waals surface area contributed by atoms with Gasteiger partial charge in [-0.25, -0.2) is 0 Å². The monoisotopic (exact) mass is 1960 g/mol. The number of likely N-dealkylation sites (tertiary alicyclic amines) is 5. The fourth-order valence-corrected chi connectivity index (χ4v) is 18.7. The van der Waals surface area contributed by atoms with Crippen LogP contribution in [0.1, 0.15) is 88.4 Å².